The third-order valence-corrected chi connectivity index (χ3v) is 5.73. The van der Waals surface area contributed by atoms with Gasteiger partial charge in [-0.1, -0.05) is 0 Å². The molecule has 1 aromatic rings. The van der Waals surface area contributed by atoms with Crippen molar-refractivity contribution in [3.63, 3.8) is 0 Å². The third-order valence-electron chi connectivity index (χ3n) is 3.34. The van der Waals surface area contributed by atoms with Crippen molar-refractivity contribution in [2.45, 2.75) is 38.3 Å². The Bertz CT molecular complexity index is 777. The van der Waals surface area contributed by atoms with Gasteiger partial charge in [0.15, 0.2) is 0 Å². The zero-order valence-electron chi connectivity index (χ0n) is 14.1. The topological polar surface area (TPSA) is 185 Å². The standard InChI is InChI=1S/C13H17N2O10PSe/c1-5(16)23-9-8(3-22-26(19,20)21)25-11(10(9)24-6(2)17)13-15-7(4-27-13)12(14)18/h4,8-11H,3H2,1-2H3,(H2,14,18)(H2,19,20,21)/t8-,9-,10-,11-/m1/s1. The minimum absolute atomic E-state index is 0.0223. The molecule has 0 saturated carbocycles. The summed E-state index contributed by atoms with van der Waals surface area (Å²) >= 11 is -0.451. The number of carbonyl (C=O) groups excluding carboxylic acids is 3. The van der Waals surface area contributed by atoms with E-state index in [1.54, 1.807) is 0 Å². The van der Waals surface area contributed by atoms with Crippen LogP contribution in [0.15, 0.2) is 4.94 Å². The Morgan fingerprint density at radius 3 is 2.33 bits per heavy atom. The normalized spacial score (nSPS) is 25.2. The van der Waals surface area contributed by atoms with Gasteiger partial charge < -0.3 is 0 Å². The van der Waals surface area contributed by atoms with Crippen LogP contribution in [0.5, 0.6) is 0 Å². The molecule has 2 rings (SSSR count). The Kier molecular flexibility index (Phi) is 6.92. The summed E-state index contributed by atoms with van der Waals surface area (Å²) in [4.78, 5) is 57.5. The first-order valence-corrected chi connectivity index (χ1v) is 10.8. The van der Waals surface area contributed by atoms with E-state index in [0.29, 0.717) is 4.57 Å². The van der Waals surface area contributed by atoms with Gasteiger partial charge in [0.05, 0.1) is 0 Å². The molecule has 27 heavy (non-hydrogen) atoms. The Hall–Kier alpha value is -1.59. The average molecular weight is 471 g/mol. The molecule has 14 heteroatoms. The number of nitrogens with zero attached hydrogens (tertiary/aromatic N) is 1. The second-order valence-corrected chi connectivity index (χ2v) is 8.57. The fourth-order valence-corrected chi connectivity index (χ4v) is 4.60. The van der Waals surface area contributed by atoms with E-state index in [4.69, 9.17) is 29.7 Å². The van der Waals surface area contributed by atoms with Gasteiger partial charge in [-0.25, -0.2) is 0 Å². The van der Waals surface area contributed by atoms with Crippen LogP contribution in [-0.4, -0.2) is 72.0 Å². The van der Waals surface area contributed by atoms with Crippen LogP contribution < -0.4 is 5.73 Å². The molecule has 0 aliphatic carbocycles. The number of primary amides is 1. The molecule has 0 spiro atoms. The second-order valence-electron chi connectivity index (χ2n) is 5.46. The van der Waals surface area contributed by atoms with Crippen molar-refractivity contribution in [2.75, 3.05) is 6.61 Å². The van der Waals surface area contributed by atoms with Crippen LogP contribution in [-0.2, 0) is 32.9 Å². The first-order valence-electron chi connectivity index (χ1n) is 7.43. The van der Waals surface area contributed by atoms with E-state index < -0.39 is 71.2 Å². The van der Waals surface area contributed by atoms with Gasteiger partial charge in [-0.3, -0.25) is 0 Å². The monoisotopic (exact) mass is 472 g/mol. The van der Waals surface area contributed by atoms with E-state index in [1.807, 2.05) is 0 Å². The van der Waals surface area contributed by atoms with Gasteiger partial charge in [0, 0.05) is 0 Å². The number of phosphoric ester groups is 1. The van der Waals surface area contributed by atoms with Gasteiger partial charge in [-0.15, -0.1) is 0 Å². The molecular weight excluding hydrogens is 454 g/mol. The molecule has 0 bridgehead atoms. The Morgan fingerprint density at radius 2 is 1.85 bits per heavy atom. The van der Waals surface area contributed by atoms with E-state index >= 15 is 0 Å². The van der Waals surface area contributed by atoms with Crippen LogP contribution in [0.2, 0.25) is 0 Å². The summed E-state index contributed by atoms with van der Waals surface area (Å²) in [5, 5.41) is 0. The predicted octanol–water partition coefficient (Wildman–Crippen LogP) is -1.35. The maximum absolute atomic E-state index is 11.5. The van der Waals surface area contributed by atoms with Crippen molar-refractivity contribution < 1.29 is 47.5 Å². The number of rotatable bonds is 7. The van der Waals surface area contributed by atoms with Crippen molar-refractivity contribution >= 4 is 40.2 Å². The van der Waals surface area contributed by atoms with Crippen LogP contribution >= 0.6 is 7.82 Å². The number of phosphoric acid groups is 1. The summed E-state index contributed by atoms with van der Waals surface area (Å²) in [6, 6.07) is 0. The summed E-state index contributed by atoms with van der Waals surface area (Å²) in [5.41, 5.74) is 5.21. The molecule has 1 fully saturated rings. The summed E-state index contributed by atoms with van der Waals surface area (Å²) in [6.45, 7) is 1.62. The molecule has 0 unspecified atom stereocenters. The number of amides is 1. The van der Waals surface area contributed by atoms with Crippen LogP contribution in [0.4, 0.5) is 0 Å². The first-order chi connectivity index (χ1) is 12.5. The van der Waals surface area contributed by atoms with E-state index in [0.717, 1.165) is 13.8 Å². The Morgan fingerprint density at radius 1 is 1.26 bits per heavy atom. The molecular formula is C13H17N2O10PSe. The van der Waals surface area contributed by atoms with E-state index in [2.05, 4.69) is 9.51 Å². The van der Waals surface area contributed by atoms with Crippen molar-refractivity contribution in [1.82, 2.24) is 4.98 Å². The van der Waals surface area contributed by atoms with E-state index in [-0.39, 0.29) is 5.69 Å². The van der Waals surface area contributed by atoms with Crippen molar-refractivity contribution in [3.05, 3.63) is 15.2 Å². The molecule has 2 heterocycles. The molecule has 1 aromatic heterocycles. The fraction of sp³-hybridized carbons (Fsp3) is 0.538. The van der Waals surface area contributed by atoms with Crippen molar-refractivity contribution in [1.29, 1.82) is 0 Å². The van der Waals surface area contributed by atoms with Crippen LogP contribution in [0.3, 0.4) is 0 Å². The van der Waals surface area contributed by atoms with Gasteiger partial charge in [0.25, 0.3) is 0 Å². The molecule has 12 nitrogen and oxygen atoms in total. The first kappa shape index (κ1) is 21.7. The predicted molar refractivity (Wildman–Crippen MR) is 86.4 cm³/mol. The molecule has 0 radical (unpaired) electrons. The van der Waals surface area contributed by atoms with Gasteiger partial charge >= 0.3 is 158 Å². The number of aromatic nitrogens is 1. The van der Waals surface area contributed by atoms with E-state index in [9.17, 15) is 18.9 Å². The fourth-order valence-electron chi connectivity index (χ4n) is 2.42. The number of nitrogens with two attached hydrogens (primary N) is 1. The number of ether oxygens (including phenoxy) is 3. The molecule has 0 aromatic carbocycles. The van der Waals surface area contributed by atoms with Crippen LogP contribution in [0, 0.1) is 0 Å². The SMILES string of the molecule is CC(=O)O[C@@H]1[C@H](OC(C)=O)[C@@H](COP(=O)(O)O)O[C@H]1c1nc(C(N)=O)c[se]1. The molecule has 1 aliphatic rings. The third kappa shape index (κ3) is 5.94. The summed E-state index contributed by atoms with van der Waals surface area (Å²) in [7, 11) is -4.82. The molecule has 4 atom stereocenters. The van der Waals surface area contributed by atoms with Crippen molar-refractivity contribution in [2.24, 2.45) is 5.73 Å². The van der Waals surface area contributed by atoms with E-state index in [1.165, 1.54) is 4.94 Å². The number of carbonyl (C=O) groups is 3. The van der Waals surface area contributed by atoms with Crippen LogP contribution in [0.1, 0.15) is 35.0 Å². The van der Waals surface area contributed by atoms with Gasteiger partial charge in [-0.2, -0.15) is 0 Å². The van der Waals surface area contributed by atoms with Crippen molar-refractivity contribution in [3.8, 4) is 0 Å². The summed E-state index contributed by atoms with van der Waals surface area (Å²) < 4.78 is 31.8. The van der Waals surface area contributed by atoms with Crippen LogP contribution in [0.25, 0.3) is 0 Å². The Labute approximate surface area is 158 Å². The number of hydrogen-bond acceptors (Lipinski definition) is 9. The molecule has 1 amide bonds. The maximum atomic E-state index is 11.5. The van der Waals surface area contributed by atoms with Gasteiger partial charge in [-0.05, 0) is 0 Å². The Balaban J connectivity index is 2.34. The molecule has 150 valence electrons. The zero-order valence-corrected chi connectivity index (χ0v) is 16.7. The summed E-state index contributed by atoms with van der Waals surface area (Å²) in [5.74, 6) is -2.17. The number of esters is 2. The van der Waals surface area contributed by atoms with Gasteiger partial charge in [0.1, 0.15) is 0 Å². The number of hydrogen-bond donors (Lipinski definition) is 3. The quantitative estimate of drug-likeness (QED) is 0.243. The minimum atomic E-state index is -4.82. The van der Waals surface area contributed by atoms with Gasteiger partial charge in [0.2, 0.25) is 0 Å². The average Bonchev–Trinajstić information content (AvgIpc) is 3.10. The second kappa shape index (κ2) is 8.61. The molecule has 4 N–H and O–H groups in total. The molecule has 1 aliphatic heterocycles. The zero-order chi connectivity index (χ0) is 20.4. The molecule has 1 saturated heterocycles. The summed E-state index contributed by atoms with van der Waals surface area (Å²) in [6.07, 6.45) is -4.49.